The summed E-state index contributed by atoms with van der Waals surface area (Å²) in [4.78, 5) is 10.3. The summed E-state index contributed by atoms with van der Waals surface area (Å²) < 4.78 is 0. The number of rotatable bonds is 4. The van der Waals surface area contributed by atoms with Gasteiger partial charge in [-0.2, -0.15) is 5.26 Å². The van der Waals surface area contributed by atoms with E-state index < -0.39 is 4.92 Å². The maximum atomic E-state index is 10.8. The molecule has 0 amide bonds. The fourth-order valence-electron chi connectivity index (χ4n) is 1.24. The molecule has 0 saturated heterocycles. The van der Waals surface area contributed by atoms with Gasteiger partial charge in [0.2, 0.25) is 0 Å². The van der Waals surface area contributed by atoms with Gasteiger partial charge in [-0.05, 0) is 25.5 Å². The Bertz CT molecular complexity index is 437. The van der Waals surface area contributed by atoms with Gasteiger partial charge in [-0.15, -0.1) is 0 Å². The number of benzene rings is 1. The minimum absolute atomic E-state index is 0.0562. The predicted molar refractivity (Wildman–Crippen MR) is 61.2 cm³/mol. The van der Waals surface area contributed by atoms with Crippen molar-refractivity contribution in [2.45, 2.75) is 26.3 Å². The molecule has 1 rings (SSSR count). The van der Waals surface area contributed by atoms with Crippen LogP contribution in [0.15, 0.2) is 18.2 Å². The zero-order chi connectivity index (χ0) is 12.1. The van der Waals surface area contributed by atoms with E-state index >= 15 is 0 Å². The van der Waals surface area contributed by atoms with Crippen LogP contribution in [0, 0.1) is 21.4 Å². The number of nitrogens with zero attached hydrogens (tertiary/aromatic N) is 2. The Morgan fingerprint density at radius 2 is 2.31 bits per heavy atom. The fourth-order valence-corrected chi connectivity index (χ4v) is 1.24. The van der Waals surface area contributed by atoms with Crippen molar-refractivity contribution in [3.8, 4) is 6.07 Å². The normalized spacial score (nSPS) is 11.6. The molecule has 1 N–H and O–H groups in total. The number of nitriles is 1. The molecule has 0 aliphatic rings. The van der Waals surface area contributed by atoms with Crippen molar-refractivity contribution in [2.75, 3.05) is 5.32 Å². The maximum Gasteiger partial charge on any atom is 0.293 e. The molecule has 5 heteroatoms. The molecule has 0 fully saturated rings. The standard InChI is InChI=1S/C11H13N3O2/c1-3-8(2)13-10-5-4-9(7-12)6-11(10)14(15)16/h4-6,8,13H,3H2,1-2H3. The predicted octanol–water partition coefficient (Wildman–Crippen LogP) is 2.68. The average molecular weight is 219 g/mol. The smallest absolute Gasteiger partial charge is 0.293 e. The van der Waals surface area contributed by atoms with Crippen molar-refractivity contribution in [2.24, 2.45) is 0 Å². The number of hydrogen-bond donors (Lipinski definition) is 1. The summed E-state index contributed by atoms with van der Waals surface area (Å²) in [6.07, 6.45) is 0.872. The number of nitrogens with one attached hydrogen (secondary N) is 1. The van der Waals surface area contributed by atoms with Gasteiger partial charge in [0.1, 0.15) is 5.69 Å². The van der Waals surface area contributed by atoms with E-state index in [0.29, 0.717) is 11.3 Å². The van der Waals surface area contributed by atoms with E-state index in [0.717, 1.165) is 6.42 Å². The SMILES string of the molecule is CCC(C)Nc1ccc(C#N)cc1[N+](=O)[O-]. The molecule has 0 saturated carbocycles. The Morgan fingerprint density at radius 1 is 1.62 bits per heavy atom. The van der Waals surface area contributed by atoms with Crippen LogP contribution in [-0.2, 0) is 0 Å². The van der Waals surface area contributed by atoms with Crippen molar-refractivity contribution in [3.05, 3.63) is 33.9 Å². The van der Waals surface area contributed by atoms with Crippen molar-refractivity contribution < 1.29 is 4.92 Å². The first kappa shape index (κ1) is 12.0. The van der Waals surface area contributed by atoms with E-state index in [-0.39, 0.29) is 11.7 Å². The minimum Gasteiger partial charge on any atom is -0.377 e. The third-order valence-corrected chi connectivity index (χ3v) is 2.34. The van der Waals surface area contributed by atoms with Crippen molar-refractivity contribution in [1.29, 1.82) is 5.26 Å². The lowest BCUT2D eigenvalue weighted by atomic mass is 10.1. The minimum atomic E-state index is -0.481. The van der Waals surface area contributed by atoms with Crippen molar-refractivity contribution >= 4 is 11.4 Å². The second-order valence-corrected chi connectivity index (χ2v) is 3.55. The van der Waals surface area contributed by atoms with Crippen LogP contribution < -0.4 is 5.32 Å². The van der Waals surface area contributed by atoms with Gasteiger partial charge in [-0.3, -0.25) is 10.1 Å². The van der Waals surface area contributed by atoms with Crippen molar-refractivity contribution in [3.63, 3.8) is 0 Å². The van der Waals surface area contributed by atoms with E-state index in [2.05, 4.69) is 5.32 Å². The quantitative estimate of drug-likeness (QED) is 0.623. The molecule has 0 aliphatic carbocycles. The molecule has 84 valence electrons. The molecule has 1 atom stereocenters. The Morgan fingerprint density at radius 3 is 2.81 bits per heavy atom. The molecule has 16 heavy (non-hydrogen) atoms. The Hall–Kier alpha value is -2.09. The topological polar surface area (TPSA) is 79.0 Å². The molecule has 0 bridgehead atoms. The molecule has 0 spiro atoms. The number of nitro groups is 1. The van der Waals surface area contributed by atoms with Crippen LogP contribution in [0.3, 0.4) is 0 Å². The van der Waals surface area contributed by atoms with E-state index in [1.807, 2.05) is 19.9 Å². The summed E-state index contributed by atoms with van der Waals surface area (Å²) in [5.41, 5.74) is 0.694. The zero-order valence-corrected chi connectivity index (χ0v) is 9.23. The Labute approximate surface area is 93.9 Å². The van der Waals surface area contributed by atoms with Gasteiger partial charge in [0.05, 0.1) is 16.6 Å². The third-order valence-electron chi connectivity index (χ3n) is 2.34. The monoisotopic (exact) mass is 219 g/mol. The Kier molecular flexibility index (Phi) is 3.84. The van der Waals surface area contributed by atoms with Crippen molar-refractivity contribution in [1.82, 2.24) is 0 Å². The van der Waals surface area contributed by atoms with Crippen LogP contribution in [0.5, 0.6) is 0 Å². The fraction of sp³-hybridized carbons (Fsp3) is 0.364. The largest absolute Gasteiger partial charge is 0.377 e. The second-order valence-electron chi connectivity index (χ2n) is 3.55. The summed E-state index contributed by atoms with van der Waals surface area (Å²) in [6, 6.07) is 6.47. The van der Waals surface area contributed by atoms with Gasteiger partial charge in [-0.25, -0.2) is 0 Å². The summed E-state index contributed by atoms with van der Waals surface area (Å²) in [6.45, 7) is 3.94. The highest BCUT2D eigenvalue weighted by Gasteiger charge is 2.15. The molecule has 0 radical (unpaired) electrons. The summed E-state index contributed by atoms with van der Waals surface area (Å²) in [7, 11) is 0. The molecule has 5 nitrogen and oxygen atoms in total. The third kappa shape index (κ3) is 2.70. The molecule has 0 heterocycles. The lowest BCUT2D eigenvalue weighted by molar-refractivity contribution is -0.384. The van der Waals surface area contributed by atoms with Gasteiger partial charge >= 0.3 is 0 Å². The molecular formula is C11H13N3O2. The summed E-state index contributed by atoms with van der Waals surface area (Å²) >= 11 is 0. The number of hydrogen-bond acceptors (Lipinski definition) is 4. The van der Waals surface area contributed by atoms with Crippen LogP contribution >= 0.6 is 0 Å². The van der Waals surface area contributed by atoms with Gasteiger partial charge in [0, 0.05) is 12.1 Å². The van der Waals surface area contributed by atoms with Crippen LogP contribution in [0.2, 0.25) is 0 Å². The van der Waals surface area contributed by atoms with E-state index in [9.17, 15) is 10.1 Å². The highest BCUT2D eigenvalue weighted by Crippen LogP contribution is 2.26. The Balaban J connectivity index is 3.09. The number of nitro benzene ring substituents is 1. The maximum absolute atomic E-state index is 10.8. The molecule has 0 aliphatic heterocycles. The lowest BCUT2D eigenvalue weighted by Crippen LogP contribution is -2.14. The van der Waals surface area contributed by atoms with Gasteiger partial charge < -0.3 is 5.32 Å². The molecule has 1 aromatic rings. The average Bonchev–Trinajstić information content (AvgIpc) is 2.29. The summed E-state index contributed by atoms with van der Waals surface area (Å²) in [5, 5.41) is 22.5. The van der Waals surface area contributed by atoms with E-state index in [1.54, 1.807) is 12.1 Å². The first-order valence-electron chi connectivity index (χ1n) is 5.03. The van der Waals surface area contributed by atoms with Gasteiger partial charge in [0.25, 0.3) is 5.69 Å². The highest BCUT2D eigenvalue weighted by molar-refractivity contribution is 5.64. The van der Waals surface area contributed by atoms with Crippen LogP contribution in [0.25, 0.3) is 0 Å². The van der Waals surface area contributed by atoms with E-state index in [4.69, 9.17) is 5.26 Å². The van der Waals surface area contributed by atoms with Gasteiger partial charge in [-0.1, -0.05) is 6.92 Å². The first-order chi connectivity index (χ1) is 7.58. The molecule has 0 aromatic heterocycles. The van der Waals surface area contributed by atoms with Crippen LogP contribution in [-0.4, -0.2) is 11.0 Å². The molecule has 1 unspecified atom stereocenters. The molecular weight excluding hydrogens is 206 g/mol. The van der Waals surface area contributed by atoms with Crippen LogP contribution in [0.4, 0.5) is 11.4 Å². The zero-order valence-electron chi connectivity index (χ0n) is 9.23. The first-order valence-corrected chi connectivity index (χ1v) is 5.03. The van der Waals surface area contributed by atoms with E-state index in [1.165, 1.54) is 6.07 Å². The number of anilines is 1. The second kappa shape index (κ2) is 5.12. The highest BCUT2D eigenvalue weighted by atomic mass is 16.6. The lowest BCUT2D eigenvalue weighted by Gasteiger charge is -2.12. The van der Waals surface area contributed by atoms with Crippen LogP contribution in [0.1, 0.15) is 25.8 Å². The summed E-state index contributed by atoms with van der Waals surface area (Å²) in [5.74, 6) is 0. The molecule has 1 aromatic carbocycles. The van der Waals surface area contributed by atoms with Gasteiger partial charge in [0.15, 0.2) is 0 Å².